The van der Waals surface area contributed by atoms with Crippen molar-refractivity contribution in [1.29, 1.82) is 0 Å². The van der Waals surface area contributed by atoms with Crippen LogP contribution in [0.5, 0.6) is 0 Å². The number of piperidine rings is 1. The SMILES string of the molecule is c1ccc(CN2CCC(NC3CCCc4c3cnn4-c3ccccn3)CC2)nc1. The molecule has 6 nitrogen and oxygen atoms in total. The molecule has 1 aliphatic carbocycles. The zero-order valence-electron chi connectivity index (χ0n) is 16.7. The van der Waals surface area contributed by atoms with E-state index in [9.17, 15) is 0 Å². The molecule has 1 N–H and O–H groups in total. The van der Waals surface area contributed by atoms with Crippen LogP contribution in [0.4, 0.5) is 0 Å². The predicted molar refractivity (Wildman–Crippen MR) is 113 cm³/mol. The molecule has 3 aromatic heterocycles. The van der Waals surface area contributed by atoms with Crippen molar-refractivity contribution in [3.8, 4) is 5.82 Å². The number of hydrogen-bond acceptors (Lipinski definition) is 5. The van der Waals surface area contributed by atoms with Crippen molar-refractivity contribution in [2.24, 2.45) is 0 Å². The Balaban J connectivity index is 1.21. The smallest absolute Gasteiger partial charge is 0.153 e. The molecule has 0 spiro atoms. The summed E-state index contributed by atoms with van der Waals surface area (Å²) in [5.74, 6) is 0.914. The molecule has 1 saturated heterocycles. The van der Waals surface area contributed by atoms with Crippen molar-refractivity contribution in [1.82, 2.24) is 30.0 Å². The molecule has 1 fully saturated rings. The first-order valence-corrected chi connectivity index (χ1v) is 10.7. The third-order valence-corrected chi connectivity index (χ3v) is 6.19. The van der Waals surface area contributed by atoms with Gasteiger partial charge in [-0.3, -0.25) is 9.88 Å². The molecule has 0 radical (unpaired) electrons. The average Bonchev–Trinajstić information content (AvgIpc) is 3.22. The van der Waals surface area contributed by atoms with Gasteiger partial charge in [0.2, 0.25) is 0 Å². The second kappa shape index (κ2) is 8.43. The maximum atomic E-state index is 4.67. The molecule has 5 rings (SSSR count). The number of nitrogens with one attached hydrogen (secondary N) is 1. The Morgan fingerprint density at radius 3 is 2.55 bits per heavy atom. The van der Waals surface area contributed by atoms with Crippen LogP contribution in [-0.4, -0.2) is 43.8 Å². The number of pyridine rings is 2. The van der Waals surface area contributed by atoms with Crippen LogP contribution in [0.1, 0.15) is 48.7 Å². The highest BCUT2D eigenvalue weighted by Crippen LogP contribution is 2.32. The van der Waals surface area contributed by atoms with Gasteiger partial charge in [0, 0.05) is 49.7 Å². The van der Waals surface area contributed by atoms with Gasteiger partial charge >= 0.3 is 0 Å². The lowest BCUT2D eigenvalue weighted by Crippen LogP contribution is -2.44. The van der Waals surface area contributed by atoms with Crippen LogP contribution in [0.25, 0.3) is 5.82 Å². The van der Waals surface area contributed by atoms with Crippen molar-refractivity contribution in [2.75, 3.05) is 13.1 Å². The number of aromatic nitrogens is 4. The van der Waals surface area contributed by atoms with E-state index < -0.39 is 0 Å². The Kier molecular flexibility index (Phi) is 5.37. The van der Waals surface area contributed by atoms with Gasteiger partial charge in [-0.05, 0) is 56.4 Å². The van der Waals surface area contributed by atoms with Gasteiger partial charge in [0.1, 0.15) is 0 Å². The Hall–Kier alpha value is -2.57. The van der Waals surface area contributed by atoms with Gasteiger partial charge in [0.05, 0.1) is 17.6 Å². The molecular formula is C23H28N6. The molecule has 0 saturated carbocycles. The number of rotatable bonds is 5. The molecule has 0 amide bonds. The van der Waals surface area contributed by atoms with E-state index in [2.05, 4.69) is 43.6 Å². The summed E-state index contributed by atoms with van der Waals surface area (Å²) < 4.78 is 2.03. The molecule has 4 heterocycles. The lowest BCUT2D eigenvalue weighted by atomic mass is 9.91. The summed E-state index contributed by atoms with van der Waals surface area (Å²) >= 11 is 0. The largest absolute Gasteiger partial charge is 0.307 e. The van der Waals surface area contributed by atoms with E-state index in [-0.39, 0.29) is 0 Å². The predicted octanol–water partition coefficient (Wildman–Crippen LogP) is 3.29. The molecule has 1 unspecified atom stereocenters. The minimum atomic E-state index is 0.406. The number of fused-ring (bicyclic) bond motifs is 1. The molecule has 0 aromatic carbocycles. The van der Waals surface area contributed by atoms with Gasteiger partial charge in [-0.1, -0.05) is 12.1 Å². The highest BCUT2D eigenvalue weighted by Gasteiger charge is 2.28. The first kappa shape index (κ1) is 18.5. The normalized spacial score (nSPS) is 20.5. The molecule has 1 atom stereocenters. The summed E-state index contributed by atoms with van der Waals surface area (Å²) in [6.45, 7) is 3.21. The summed E-state index contributed by atoms with van der Waals surface area (Å²) in [5.41, 5.74) is 3.84. The third-order valence-electron chi connectivity index (χ3n) is 6.19. The van der Waals surface area contributed by atoms with Crippen LogP contribution < -0.4 is 5.32 Å². The maximum Gasteiger partial charge on any atom is 0.153 e. The van der Waals surface area contributed by atoms with Gasteiger partial charge in [-0.2, -0.15) is 5.10 Å². The minimum absolute atomic E-state index is 0.406. The molecule has 0 bridgehead atoms. The Bertz CT molecular complexity index is 915. The van der Waals surface area contributed by atoms with E-state index >= 15 is 0 Å². The number of nitrogens with zero attached hydrogens (tertiary/aromatic N) is 5. The van der Waals surface area contributed by atoms with Crippen LogP contribution in [-0.2, 0) is 13.0 Å². The molecule has 6 heteroatoms. The quantitative estimate of drug-likeness (QED) is 0.727. The fourth-order valence-electron chi connectivity index (χ4n) is 4.67. The summed E-state index contributed by atoms with van der Waals surface area (Å²) in [6.07, 6.45) is 11.6. The lowest BCUT2D eigenvalue weighted by Gasteiger charge is -2.35. The van der Waals surface area contributed by atoms with Crippen molar-refractivity contribution in [2.45, 2.75) is 50.7 Å². The highest BCUT2D eigenvalue weighted by molar-refractivity contribution is 5.32. The van der Waals surface area contributed by atoms with Crippen molar-refractivity contribution < 1.29 is 0 Å². The zero-order chi connectivity index (χ0) is 19.5. The van der Waals surface area contributed by atoms with Crippen molar-refractivity contribution >= 4 is 0 Å². The standard InChI is InChI=1S/C23H28N6/c1-3-12-24-19(6-1)17-28-14-10-18(11-15-28)27-21-7-5-8-22-20(21)16-26-29(22)23-9-2-4-13-25-23/h1-4,6,9,12-13,16,18,21,27H,5,7-8,10-11,14-15,17H2. The van der Waals surface area contributed by atoms with Gasteiger partial charge in [0.15, 0.2) is 5.82 Å². The first-order chi connectivity index (χ1) is 14.4. The van der Waals surface area contributed by atoms with E-state index in [4.69, 9.17) is 0 Å². The molecule has 1 aliphatic heterocycles. The summed E-state index contributed by atoms with van der Waals surface area (Å²) in [7, 11) is 0. The molecule has 3 aromatic rings. The van der Waals surface area contributed by atoms with E-state index in [1.54, 1.807) is 0 Å². The molecule has 150 valence electrons. The number of hydrogen-bond donors (Lipinski definition) is 1. The monoisotopic (exact) mass is 388 g/mol. The van der Waals surface area contributed by atoms with Gasteiger partial charge in [0.25, 0.3) is 0 Å². The Labute approximate surface area is 172 Å². The molecular weight excluding hydrogens is 360 g/mol. The first-order valence-electron chi connectivity index (χ1n) is 10.7. The number of likely N-dealkylation sites (tertiary alicyclic amines) is 1. The van der Waals surface area contributed by atoms with Gasteiger partial charge in [-0.25, -0.2) is 9.67 Å². The highest BCUT2D eigenvalue weighted by atomic mass is 15.3. The van der Waals surface area contributed by atoms with E-state index in [1.807, 2.05) is 41.3 Å². The van der Waals surface area contributed by atoms with Gasteiger partial charge in [-0.15, -0.1) is 0 Å². The Morgan fingerprint density at radius 2 is 1.79 bits per heavy atom. The summed E-state index contributed by atoms with van der Waals surface area (Å²) in [5, 5.41) is 8.62. The summed E-state index contributed by atoms with van der Waals surface area (Å²) in [6, 6.07) is 13.1. The van der Waals surface area contributed by atoms with Crippen LogP contribution in [0, 0.1) is 0 Å². The van der Waals surface area contributed by atoms with Crippen molar-refractivity contribution in [3.05, 3.63) is 71.9 Å². The van der Waals surface area contributed by atoms with Crippen LogP contribution >= 0.6 is 0 Å². The average molecular weight is 389 g/mol. The second-order valence-electron chi connectivity index (χ2n) is 8.13. The van der Waals surface area contributed by atoms with Crippen LogP contribution in [0.15, 0.2) is 55.0 Å². The Morgan fingerprint density at radius 1 is 0.966 bits per heavy atom. The topological polar surface area (TPSA) is 58.9 Å². The molecule has 29 heavy (non-hydrogen) atoms. The van der Waals surface area contributed by atoms with Crippen LogP contribution in [0.2, 0.25) is 0 Å². The lowest BCUT2D eigenvalue weighted by molar-refractivity contribution is 0.180. The maximum absolute atomic E-state index is 4.67. The van der Waals surface area contributed by atoms with E-state index in [1.165, 1.54) is 36.9 Å². The fraction of sp³-hybridized carbons (Fsp3) is 0.435. The summed E-state index contributed by atoms with van der Waals surface area (Å²) in [4.78, 5) is 11.5. The van der Waals surface area contributed by atoms with Gasteiger partial charge < -0.3 is 5.32 Å². The fourth-order valence-corrected chi connectivity index (χ4v) is 4.67. The van der Waals surface area contributed by atoms with Crippen LogP contribution in [0.3, 0.4) is 0 Å². The van der Waals surface area contributed by atoms with Crippen molar-refractivity contribution in [3.63, 3.8) is 0 Å². The zero-order valence-corrected chi connectivity index (χ0v) is 16.7. The minimum Gasteiger partial charge on any atom is -0.307 e. The third kappa shape index (κ3) is 4.09. The molecule has 2 aliphatic rings. The van der Waals surface area contributed by atoms with E-state index in [0.717, 1.165) is 37.6 Å². The van der Waals surface area contributed by atoms with E-state index in [0.29, 0.717) is 12.1 Å². The second-order valence-corrected chi connectivity index (χ2v) is 8.13.